The monoisotopic (exact) mass is 574 g/mol. The molecule has 2 amide bonds. The molecule has 0 aromatic carbocycles. The number of carbonyl (C=O) groups is 2. The first-order valence-electron chi connectivity index (χ1n) is 9.51. The number of nitrogens with zero attached hydrogens (tertiary/aromatic N) is 2. The van der Waals surface area contributed by atoms with Gasteiger partial charge in [0.2, 0.25) is 11.8 Å². The maximum absolute atomic E-state index is 11.8. The molecule has 0 fully saturated rings. The van der Waals surface area contributed by atoms with Crippen molar-refractivity contribution in [2.45, 2.75) is 52.4 Å². The van der Waals surface area contributed by atoms with Crippen LogP contribution in [-0.2, 0) is 9.59 Å². The zero-order valence-electron chi connectivity index (χ0n) is 16.8. The first-order chi connectivity index (χ1) is 14.3. The van der Waals surface area contributed by atoms with Crippen molar-refractivity contribution in [2.75, 3.05) is 0 Å². The summed E-state index contributed by atoms with van der Waals surface area (Å²) in [6.45, 7) is 4.04. The SMILES string of the molecule is Cc1sc(/C=N/NC(=O)CCCCCCC(=O)N/N=C/c2cc(Br)c(C)s2)cc1Br. The molecule has 2 rings (SSSR count). The molecule has 2 N–H and O–H groups in total. The van der Waals surface area contributed by atoms with Crippen molar-refractivity contribution in [1.29, 1.82) is 0 Å². The molecule has 0 aliphatic carbocycles. The number of thiophene rings is 2. The van der Waals surface area contributed by atoms with Crippen LogP contribution >= 0.6 is 54.5 Å². The number of rotatable bonds is 11. The highest BCUT2D eigenvalue weighted by molar-refractivity contribution is 9.10. The van der Waals surface area contributed by atoms with E-state index in [4.69, 9.17) is 0 Å². The Labute approximate surface area is 201 Å². The fourth-order valence-electron chi connectivity index (χ4n) is 2.46. The minimum absolute atomic E-state index is 0.0962. The Morgan fingerprint density at radius 3 is 1.57 bits per heavy atom. The summed E-state index contributed by atoms with van der Waals surface area (Å²) in [5.74, 6) is -0.192. The maximum atomic E-state index is 11.8. The minimum atomic E-state index is -0.0962. The molecule has 162 valence electrons. The Bertz CT molecular complexity index is 809. The normalized spacial score (nSPS) is 11.5. The summed E-state index contributed by atoms with van der Waals surface area (Å²) >= 11 is 10.1. The molecular formula is C20H24Br2N4O2S2. The number of aryl methyl sites for hydroxylation is 2. The van der Waals surface area contributed by atoms with Crippen molar-refractivity contribution in [2.24, 2.45) is 10.2 Å². The van der Waals surface area contributed by atoms with E-state index >= 15 is 0 Å². The van der Waals surface area contributed by atoms with Gasteiger partial charge in [0.25, 0.3) is 0 Å². The lowest BCUT2D eigenvalue weighted by molar-refractivity contribution is -0.122. The zero-order chi connectivity index (χ0) is 21.9. The summed E-state index contributed by atoms with van der Waals surface area (Å²) in [6, 6.07) is 3.94. The van der Waals surface area contributed by atoms with E-state index in [-0.39, 0.29) is 11.8 Å². The molecule has 0 saturated carbocycles. The molecule has 0 saturated heterocycles. The van der Waals surface area contributed by atoms with Crippen LogP contribution in [0, 0.1) is 13.8 Å². The van der Waals surface area contributed by atoms with E-state index in [1.54, 1.807) is 35.1 Å². The molecule has 0 spiro atoms. The second-order valence-electron chi connectivity index (χ2n) is 6.61. The third-order valence-corrected chi connectivity index (χ3v) is 8.21. The fourth-order valence-corrected chi connectivity index (χ4v) is 5.33. The van der Waals surface area contributed by atoms with E-state index in [0.29, 0.717) is 12.8 Å². The Morgan fingerprint density at radius 2 is 1.23 bits per heavy atom. The molecular weight excluding hydrogens is 552 g/mol. The van der Waals surface area contributed by atoms with Gasteiger partial charge in [-0.2, -0.15) is 10.2 Å². The van der Waals surface area contributed by atoms with Crippen LogP contribution < -0.4 is 10.9 Å². The first kappa shape index (κ1) is 24.9. The summed E-state index contributed by atoms with van der Waals surface area (Å²) < 4.78 is 2.10. The standard InChI is InChI=1S/C20H24Br2N4O2S2/c1-13-17(21)9-15(29-13)11-23-25-19(27)7-5-3-4-6-8-20(28)26-24-12-16-10-18(22)14(2)30-16/h9-12H,3-8H2,1-2H3,(H,25,27)(H,26,28)/b23-11+,24-12+. The number of carbonyl (C=O) groups excluding carboxylic acids is 2. The molecule has 10 heteroatoms. The molecule has 0 radical (unpaired) electrons. The van der Waals surface area contributed by atoms with E-state index in [9.17, 15) is 9.59 Å². The summed E-state index contributed by atoms with van der Waals surface area (Å²) in [4.78, 5) is 27.9. The quantitative estimate of drug-likeness (QED) is 0.199. The topological polar surface area (TPSA) is 82.9 Å². The summed E-state index contributed by atoms with van der Waals surface area (Å²) in [6.07, 6.45) is 7.50. The predicted molar refractivity (Wildman–Crippen MR) is 133 cm³/mol. The number of hydrogen-bond donors (Lipinski definition) is 2. The number of halogens is 2. The molecule has 0 aliphatic rings. The largest absolute Gasteiger partial charge is 0.273 e. The zero-order valence-corrected chi connectivity index (χ0v) is 21.6. The lowest BCUT2D eigenvalue weighted by atomic mass is 10.1. The van der Waals surface area contributed by atoms with Crippen molar-refractivity contribution < 1.29 is 9.59 Å². The van der Waals surface area contributed by atoms with E-state index in [1.165, 1.54) is 9.75 Å². The third kappa shape index (κ3) is 9.20. The van der Waals surface area contributed by atoms with E-state index < -0.39 is 0 Å². The van der Waals surface area contributed by atoms with Crippen LogP contribution in [0.1, 0.15) is 58.0 Å². The summed E-state index contributed by atoms with van der Waals surface area (Å²) in [7, 11) is 0. The molecule has 0 aliphatic heterocycles. The van der Waals surface area contributed by atoms with Gasteiger partial charge in [-0.25, -0.2) is 10.9 Å². The van der Waals surface area contributed by atoms with Crippen molar-refractivity contribution in [3.8, 4) is 0 Å². The molecule has 2 aromatic heterocycles. The van der Waals surface area contributed by atoms with Crippen molar-refractivity contribution >= 4 is 78.8 Å². The number of unbranched alkanes of at least 4 members (excludes halogenated alkanes) is 3. The highest BCUT2D eigenvalue weighted by Gasteiger charge is 2.04. The Morgan fingerprint density at radius 1 is 0.833 bits per heavy atom. The Kier molecular flexibility index (Phi) is 10.9. The third-order valence-electron chi connectivity index (χ3n) is 4.07. The second kappa shape index (κ2) is 13.1. The molecule has 2 heterocycles. The fraction of sp³-hybridized carbons (Fsp3) is 0.400. The molecule has 0 unspecified atom stereocenters. The van der Waals surface area contributed by atoms with Gasteiger partial charge in [0, 0.05) is 41.3 Å². The van der Waals surface area contributed by atoms with Gasteiger partial charge in [0.15, 0.2) is 0 Å². The van der Waals surface area contributed by atoms with Crippen LogP contribution in [0.5, 0.6) is 0 Å². The van der Waals surface area contributed by atoms with Crippen LogP contribution in [0.3, 0.4) is 0 Å². The number of hydrazone groups is 2. The first-order valence-corrected chi connectivity index (χ1v) is 12.7. The van der Waals surface area contributed by atoms with E-state index in [0.717, 1.165) is 44.4 Å². The van der Waals surface area contributed by atoms with Gasteiger partial charge >= 0.3 is 0 Å². The maximum Gasteiger partial charge on any atom is 0.240 e. The minimum Gasteiger partial charge on any atom is -0.273 e. The highest BCUT2D eigenvalue weighted by Crippen LogP contribution is 2.25. The molecule has 0 bridgehead atoms. The van der Waals surface area contributed by atoms with Crippen molar-refractivity contribution in [1.82, 2.24) is 10.9 Å². The van der Waals surface area contributed by atoms with E-state index in [1.807, 2.05) is 26.0 Å². The van der Waals surface area contributed by atoms with Crippen LogP contribution in [0.15, 0.2) is 31.3 Å². The van der Waals surface area contributed by atoms with Gasteiger partial charge in [-0.15, -0.1) is 22.7 Å². The summed E-state index contributed by atoms with van der Waals surface area (Å²) in [5, 5.41) is 7.98. The number of amides is 2. The van der Waals surface area contributed by atoms with Crippen LogP contribution in [0.2, 0.25) is 0 Å². The van der Waals surface area contributed by atoms with Crippen LogP contribution in [0.25, 0.3) is 0 Å². The van der Waals surface area contributed by atoms with Crippen molar-refractivity contribution in [3.63, 3.8) is 0 Å². The molecule has 30 heavy (non-hydrogen) atoms. The van der Waals surface area contributed by atoms with Crippen molar-refractivity contribution in [3.05, 3.63) is 40.6 Å². The smallest absolute Gasteiger partial charge is 0.240 e. The predicted octanol–water partition coefficient (Wildman–Crippen LogP) is 5.89. The number of nitrogens with one attached hydrogen (secondary N) is 2. The van der Waals surface area contributed by atoms with Gasteiger partial charge < -0.3 is 0 Å². The second-order valence-corrected chi connectivity index (χ2v) is 10.9. The van der Waals surface area contributed by atoms with Crippen LogP contribution in [0.4, 0.5) is 0 Å². The Hall–Kier alpha value is -1.36. The average molecular weight is 576 g/mol. The Balaban J connectivity index is 1.50. The van der Waals surface area contributed by atoms with Gasteiger partial charge in [-0.05, 0) is 70.7 Å². The molecule has 2 aromatic rings. The molecule has 0 atom stereocenters. The van der Waals surface area contributed by atoms with Crippen LogP contribution in [-0.4, -0.2) is 24.2 Å². The summed E-state index contributed by atoms with van der Waals surface area (Å²) in [5.41, 5.74) is 5.10. The van der Waals surface area contributed by atoms with Gasteiger partial charge in [0.05, 0.1) is 12.4 Å². The van der Waals surface area contributed by atoms with Gasteiger partial charge in [0.1, 0.15) is 0 Å². The van der Waals surface area contributed by atoms with Gasteiger partial charge in [-0.3, -0.25) is 9.59 Å². The number of hydrogen-bond acceptors (Lipinski definition) is 6. The molecule has 6 nitrogen and oxygen atoms in total. The highest BCUT2D eigenvalue weighted by atomic mass is 79.9. The van der Waals surface area contributed by atoms with E-state index in [2.05, 4.69) is 52.9 Å². The van der Waals surface area contributed by atoms with Gasteiger partial charge in [-0.1, -0.05) is 12.8 Å². The lowest BCUT2D eigenvalue weighted by Gasteiger charge is -2.01. The lowest BCUT2D eigenvalue weighted by Crippen LogP contribution is -2.17. The average Bonchev–Trinajstić information content (AvgIpc) is 3.18.